The highest BCUT2D eigenvalue weighted by molar-refractivity contribution is 5.78. The second-order valence-electron chi connectivity index (χ2n) is 9.13. The van der Waals surface area contributed by atoms with Crippen molar-refractivity contribution in [3.05, 3.63) is 107 Å². The van der Waals surface area contributed by atoms with Gasteiger partial charge in [0.05, 0.1) is 17.8 Å². The van der Waals surface area contributed by atoms with E-state index < -0.39 is 0 Å². The van der Waals surface area contributed by atoms with Crippen LogP contribution in [0.1, 0.15) is 22.4 Å². The van der Waals surface area contributed by atoms with Crippen LogP contribution in [0.4, 0.5) is 5.95 Å². The predicted octanol–water partition coefficient (Wildman–Crippen LogP) is 5.18. The summed E-state index contributed by atoms with van der Waals surface area (Å²) in [4.78, 5) is 26.5. The van der Waals surface area contributed by atoms with Crippen molar-refractivity contribution in [3.63, 3.8) is 0 Å². The van der Waals surface area contributed by atoms with Crippen LogP contribution in [0.5, 0.6) is 17.4 Å². The van der Waals surface area contributed by atoms with E-state index in [4.69, 9.17) is 19.4 Å². The van der Waals surface area contributed by atoms with Gasteiger partial charge in [-0.15, -0.1) is 0 Å². The van der Waals surface area contributed by atoms with Crippen molar-refractivity contribution in [3.8, 4) is 17.4 Å². The molecule has 1 aromatic heterocycles. The normalized spacial score (nSPS) is 12.5. The molecule has 0 N–H and O–H groups in total. The molecule has 7 nitrogen and oxygen atoms in total. The first-order valence-corrected chi connectivity index (χ1v) is 12.4. The number of carbonyl (C=O) groups is 1. The monoisotopic (exact) mass is 494 g/mol. The number of hydrogen-bond donors (Lipinski definition) is 0. The number of amides is 1. The number of benzene rings is 3. The van der Waals surface area contributed by atoms with E-state index in [9.17, 15) is 4.79 Å². The first-order valence-electron chi connectivity index (χ1n) is 12.4. The van der Waals surface area contributed by atoms with E-state index in [1.54, 1.807) is 4.90 Å². The number of aryl methyl sites for hydroxylation is 1. The van der Waals surface area contributed by atoms with Gasteiger partial charge in [0.1, 0.15) is 11.5 Å². The Morgan fingerprint density at radius 2 is 1.65 bits per heavy atom. The third kappa shape index (κ3) is 5.89. The van der Waals surface area contributed by atoms with Gasteiger partial charge in [-0.3, -0.25) is 4.79 Å². The average molecular weight is 495 g/mol. The zero-order chi connectivity index (χ0) is 25.6. The zero-order valence-electron chi connectivity index (χ0n) is 21.1. The summed E-state index contributed by atoms with van der Waals surface area (Å²) in [6, 6.07) is 27.4. The lowest BCUT2D eigenvalue weighted by Crippen LogP contribution is -2.39. The van der Waals surface area contributed by atoms with Crippen LogP contribution in [0.15, 0.2) is 84.9 Å². The fraction of sp³-hybridized carbons (Fsp3) is 0.233. The summed E-state index contributed by atoms with van der Waals surface area (Å²) in [6.45, 7) is 3.59. The molecule has 1 aliphatic heterocycles. The maximum Gasteiger partial charge on any atom is 0.260 e. The maximum atomic E-state index is 13.0. The van der Waals surface area contributed by atoms with E-state index in [0.29, 0.717) is 43.6 Å². The molecule has 7 heteroatoms. The molecule has 3 aromatic carbocycles. The largest absolute Gasteiger partial charge is 0.484 e. The van der Waals surface area contributed by atoms with Crippen LogP contribution in [-0.4, -0.2) is 41.0 Å². The lowest BCUT2D eigenvalue weighted by molar-refractivity contribution is -0.134. The van der Waals surface area contributed by atoms with E-state index in [1.807, 2.05) is 91.7 Å². The third-order valence-electron chi connectivity index (χ3n) is 6.37. The van der Waals surface area contributed by atoms with Crippen LogP contribution < -0.4 is 14.4 Å². The summed E-state index contributed by atoms with van der Waals surface area (Å²) in [5, 5.41) is 0. The topological polar surface area (TPSA) is 67.8 Å². The molecule has 0 fully saturated rings. The smallest absolute Gasteiger partial charge is 0.260 e. The van der Waals surface area contributed by atoms with Crippen LogP contribution in [0.3, 0.4) is 0 Å². The van der Waals surface area contributed by atoms with Crippen molar-refractivity contribution in [1.29, 1.82) is 0 Å². The third-order valence-corrected chi connectivity index (χ3v) is 6.37. The van der Waals surface area contributed by atoms with E-state index in [2.05, 4.69) is 12.1 Å². The second kappa shape index (κ2) is 11.1. The lowest BCUT2D eigenvalue weighted by atomic mass is 10.1. The number of ether oxygens (including phenoxy) is 2. The van der Waals surface area contributed by atoms with Crippen molar-refractivity contribution in [2.24, 2.45) is 0 Å². The number of nitrogens with zero attached hydrogens (tertiary/aromatic N) is 4. The molecule has 0 unspecified atom stereocenters. The fourth-order valence-electron chi connectivity index (χ4n) is 4.30. The number of carbonyl (C=O) groups excluding carboxylic acids is 1. The maximum absolute atomic E-state index is 13.0. The van der Waals surface area contributed by atoms with Gasteiger partial charge in [-0.25, -0.2) is 4.98 Å². The van der Waals surface area contributed by atoms with Crippen LogP contribution in [0.2, 0.25) is 0 Å². The van der Waals surface area contributed by atoms with Gasteiger partial charge in [0.2, 0.25) is 11.8 Å². The van der Waals surface area contributed by atoms with Crippen molar-refractivity contribution in [1.82, 2.24) is 14.9 Å². The Morgan fingerprint density at radius 3 is 2.41 bits per heavy atom. The average Bonchev–Trinajstić information content (AvgIpc) is 2.93. The minimum Gasteiger partial charge on any atom is -0.484 e. The van der Waals surface area contributed by atoms with Gasteiger partial charge in [0.25, 0.3) is 5.91 Å². The molecule has 0 radical (unpaired) electrons. The summed E-state index contributed by atoms with van der Waals surface area (Å²) in [7, 11) is 1.98. The Hall–Kier alpha value is -4.39. The molecule has 0 spiro atoms. The van der Waals surface area contributed by atoms with E-state index >= 15 is 0 Å². The predicted molar refractivity (Wildman–Crippen MR) is 143 cm³/mol. The summed E-state index contributed by atoms with van der Waals surface area (Å²) in [5.74, 6) is 2.40. The molecular weight excluding hydrogens is 464 g/mol. The highest BCUT2D eigenvalue weighted by Crippen LogP contribution is 2.32. The minimum absolute atomic E-state index is 0.0217. The van der Waals surface area contributed by atoms with Crippen molar-refractivity contribution in [2.75, 3.05) is 25.1 Å². The number of aromatic nitrogens is 2. The summed E-state index contributed by atoms with van der Waals surface area (Å²) in [5.41, 5.74) is 3.91. The van der Waals surface area contributed by atoms with Gasteiger partial charge in [-0.2, -0.15) is 4.98 Å². The molecule has 1 aliphatic rings. The fourth-order valence-corrected chi connectivity index (χ4v) is 4.30. The molecule has 0 bridgehead atoms. The van der Waals surface area contributed by atoms with Crippen LogP contribution in [-0.2, 0) is 24.3 Å². The zero-order valence-corrected chi connectivity index (χ0v) is 21.1. The highest BCUT2D eigenvalue weighted by Gasteiger charge is 2.28. The van der Waals surface area contributed by atoms with Crippen LogP contribution >= 0.6 is 0 Å². The van der Waals surface area contributed by atoms with Crippen LogP contribution in [0, 0.1) is 6.92 Å². The molecule has 5 rings (SSSR count). The molecule has 2 heterocycles. The number of hydrogen-bond acceptors (Lipinski definition) is 6. The Kier molecular flexibility index (Phi) is 7.31. The summed E-state index contributed by atoms with van der Waals surface area (Å²) >= 11 is 0. The van der Waals surface area contributed by atoms with Crippen molar-refractivity contribution in [2.45, 2.75) is 26.4 Å². The number of rotatable bonds is 8. The molecule has 0 aliphatic carbocycles. The molecule has 1 amide bonds. The van der Waals surface area contributed by atoms with E-state index in [0.717, 1.165) is 22.6 Å². The summed E-state index contributed by atoms with van der Waals surface area (Å²) < 4.78 is 12.1. The SMILES string of the molecule is Cc1ccccc1Oc1nc(N(C)Cc2ccccc2)nc2c1CN(C(=O)COc1ccccc1)CC2. The number of para-hydroxylation sites is 2. The first kappa shape index (κ1) is 24.3. The highest BCUT2D eigenvalue weighted by atomic mass is 16.5. The Bertz CT molecular complexity index is 1360. The number of fused-ring (bicyclic) bond motifs is 1. The molecule has 0 saturated heterocycles. The van der Waals surface area contributed by atoms with E-state index in [1.165, 1.54) is 5.56 Å². The van der Waals surface area contributed by atoms with Gasteiger partial charge in [0.15, 0.2) is 6.61 Å². The Morgan fingerprint density at radius 1 is 0.946 bits per heavy atom. The molecule has 37 heavy (non-hydrogen) atoms. The van der Waals surface area contributed by atoms with Gasteiger partial charge >= 0.3 is 0 Å². The van der Waals surface area contributed by atoms with Gasteiger partial charge < -0.3 is 19.3 Å². The molecule has 188 valence electrons. The standard InChI is InChI=1S/C30H30N4O3/c1-22-11-9-10-16-27(22)37-29-25-20-34(28(35)21-36-24-14-7-4-8-15-24)18-17-26(25)31-30(32-29)33(2)19-23-12-5-3-6-13-23/h3-16H,17-21H2,1-2H3. The number of anilines is 1. The second-order valence-corrected chi connectivity index (χ2v) is 9.13. The lowest BCUT2D eigenvalue weighted by Gasteiger charge is -2.30. The molecule has 4 aromatic rings. The Labute approximate surface area is 217 Å². The van der Waals surface area contributed by atoms with Crippen molar-refractivity contribution >= 4 is 11.9 Å². The van der Waals surface area contributed by atoms with Gasteiger partial charge in [-0.1, -0.05) is 66.7 Å². The molecular formula is C30H30N4O3. The summed E-state index contributed by atoms with van der Waals surface area (Å²) in [6.07, 6.45) is 0.616. The van der Waals surface area contributed by atoms with Gasteiger partial charge in [0, 0.05) is 26.6 Å². The van der Waals surface area contributed by atoms with Crippen molar-refractivity contribution < 1.29 is 14.3 Å². The van der Waals surface area contributed by atoms with E-state index in [-0.39, 0.29) is 12.5 Å². The van der Waals surface area contributed by atoms with Gasteiger partial charge in [-0.05, 0) is 36.2 Å². The van der Waals surface area contributed by atoms with Crippen LogP contribution in [0.25, 0.3) is 0 Å². The molecule has 0 atom stereocenters. The quantitative estimate of drug-likeness (QED) is 0.336. The Balaban J connectivity index is 1.40. The first-order chi connectivity index (χ1) is 18.1. The molecule has 0 saturated carbocycles. The minimum atomic E-state index is -0.0818.